The number of rotatable bonds is 3. The van der Waals surface area contributed by atoms with Crippen LogP contribution in [0, 0.1) is 13.8 Å². The van der Waals surface area contributed by atoms with Gasteiger partial charge in [0.25, 0.3) is 0 Å². The lowest BCUT2D eigenvalue weighted by atomic mass is 10.1. The van der Waals surface area contributed by atoms with Crippen molar-refractivity contribution < 1.29 is 4.42 Å². The second-order valence-electron chi connectivity index (χ2n) is 4.55. The maximum atomic E-state index is 5.91. The van der Waals surface area contributed by atoms with E-state index >= 15 is 0 Å². The van der Waals surface area contributed by atoms with Gasteiger partial charge in [0, 0.05) is 11.3 Å². The highest BCUT2D eigenvalue weighted by Gasteiger charge is 2.12. The molecule has 19 heavy (non-hydrogen) atoms. The third-order valence-corrected chi connectivity index (χ3v) is 2.91. The molecule has 0 fully saturated rings. The molecule has 0 radical (unpaired) electrons. The minimum Gasteiger partial charge on any atom is -0.466 e. The number of guanidine groups is 1. The van der Waals surface area contributed by atoms with Crippen LogP contribution in [0.3, 0.4) is 0 Å². The number of hydrogen-bond donors (Lipinski definition) is 2. The van der Waals surface area contributed by atoms with Gasteiger partial charge in [-0.15, -0.1) is 0 Å². The molecule has 0 bridgehead atoms. The second-order valence-corrected chi connectivity index (χ2v) is 4.55. The first kappa shape index (κ1) is 13.2. The SMILES string of the molecule is Cc1cc(C(C)N=C(N)Nc2ccccc2)c(C)o1. The molecular weight excluding hydrogens is 238 g/mol. The smallest absolute Gasteiger partial charge is 0.193 e. The highest BCUT2D eigenvalue weighted by molar-refractivity contribution is 5.92. The topological polar surface area (TPSA) is 63.5 Å². The summed E-state index contributed by atoms with van der Waals surface area (Å²) in [5, 5.41) is 3.07. The van der Waals surface area contributed by atoms with Gasteiger partial charge < -0.3 is 15.5 Å². The molecule has 1 aromatic heterocycles. The van der Waals surface area contributed by atoms with Gasteiger partial charge >= 0.3 is 0 Å². The van der Waals surface area contributed by atoms with E-state index in [2.05, 4.69) is 10.3 Å². The van der Waals surface area contributed by atoms with Gasteiger partial charge in [-0.3, -0.25) is 0 Å². The molecule has 4 nitrogen and oxygen atoms in total. The Balaban J connectivity index is 2.10. The number of nitrogens with one attached hydrogen (secondary N) is 1. The normalized spacial score (nSPS) is 13.3. The molecular formula is C15H19N3O. The molecule has 0 aliphatic heterocycles. The Hall–Kier alpha value is -2.23. The number of nitrogens with zero attached hydrogens (tertiary/aromatic N) is 1. The standard InChI is InChI=1S/C15H19N3O/c1-10-9-14(12(3)19-10)11(2)17-15(16)18-13-7-5-4-6-8-13/h4-9,11H,1-3H3,(H3,16,17,18). The van der Waals surface area contributed by atoms with Gasteiger partial charge in [0.1, 0.15) is 11.5 Å². The van der Waals surface area contributed by atoms with Crippen molar-refractivity contribution in [1.82, 2.24) is 0 Å². The fourth-order valence-electron chi connectivity index (χ4n) is 2.05. The molecule has 0 spiro atoms. The van der Waals surface area contributed by atoms with Crippen molar-refractivity contribution >= 4 is 11.6 Å². The molecule has 1 heterocycles. The molecule has 0 saturated carbocycles. The zero-order valence-electron chi connectivity index (χ0n) is 11.5. The Morgan fingerprint density at radius 3 is 2.53 bits per heavy atom. The van der Waals surface area contributed by atoms with Gasteiger partial charge in [0.2, 0.25) is 0 Å². The van der Waals surface area contributed by atoms with E-state index < -0.39 is 0 Å². The number of hydrogen-bond acceptors (Lipinski definition) is 2. The molecule has 1 atom stereocenters. The number of nitrogens with two attached hydrogens (primary N) is 1. The third-order valence-electron chi connectivity index (χ3n) is 2.91. The Bertz CT molecular complexity index is 572. The number of aliphatic imine (C=N–C) groups is 1. The molecule has 1 aromatic carbocycles. The van der Waals surface area contributed by atoms with E-state index in [9.17, 15) is 0 Å². The first-order chi connectivity index (χ1) is 9.06. The molecule has 4 heteroatoms. The lowest BCUT2D eigenvalue weighted by Crippen LogP contribution is -2.23. The van der Waals surface area contributed by atoms with Crippen molar-refractivity contribution in [1.29, 1.82) is 0 Å². The van der Waals surface area contributed by atoms with E-state index in [1.807, 2.05) is 57.2 Å². The Kier molecular flexibility index (Phi) is 3.90. The minimum absolute atomic E-state index is 0.0336. The lowest BCUT2D eigenvalue weighted by molar-refractivity contribution is 0.499. The van der Waals surface area contributed by atoms with E-state index in [-0.39, 0.29) is 6.04 Å². The van der Waals surface area contributed by atoms with Crippen LogP contribution < -0.4 is 11.1 Å². The minimum atomic E-state index is -0.0336. The highest BCUT2D eigenvalue weighted by Crippen LogP contribution is 2.24. The van der Waals surface area contributed by atoms with E-state index in [1.165, 1.54) is 0 Å². The molecule has 2 aromatic rings. The predicted molar refractivity (Wildman–Crippen MR) is 78.3 cm³/mol. The van der Waals surface area contributed by atoms with Crippen molar-refractivity contribution in [3.63, 3.8) is 0 Å². The average Bonchev–Trinajstić information content (AvgIpc) is 2.69. The summed E-state index contributed by atoms with van der Waals surface area (Å²) < 4.78 is 5.50. The number of furan rings is 1. The summed E-state index contributed by atoms with van der Waals surface area (Å²) in [6, 6.07) is 11.7. The summed E-state index contributed by atoms with van der Waals surface area (Å²) >= 11 is 0. The van der Waals surface area contributed by atoms with Gasteiger partial charge in [0.05, 0.1) is 6.04 Å². The van der Waals surface area contributed by atoms with Crippen LogP contribution in [0.15, 0.2) is 45.8 Å². The summed E-state index contributed by atoms with van der Waals surface area (Å²) in [6.45, 7) is 5.87. The van der Waals surface area contributed by atoms with Crippen molar-refractivity contribution in [2.45, 2.75) is 26.8 Å². The molecule has 3 N–H and O–H groups in total. The van der Waals surface area contributed by atoms with Crippen LogP contribution in [0.2, 0.25) is 0 Å². The van der Waals surface area contributed by atoms with Gasteiger partial charge in [-0.1, -0.05) is 18.2 Å². The van der Waals surface area contributed by atoms with Gasteiger partial charge in [-0.2, -0.15) is 0 Å². The molecule has 0 aliphatic rings. The van der Waals surface area contributed by atoms with Crippen LogP contribution in [0.1, 0.15) is 30.0 Å². The van der Waals surface area contributed by atoms with E-state index in [0.29, 0.717) is 5.96 Å². The van der Waals surface area contributed by atoms with Crippen LogP contribution in [-0.2, 0) is 0 Å². The van der Waals surface area contributed by atoms with E-state index in [1.54, 1.807) is 0 Å². The molecule has 0 saturated heterocycles. The molecule has 2 rings (SSSR count). The lowest BCUT2D eigenvalue weighted by Gasteiger charge is -2.09. The maximum absolute atomic E-state index is 5.91. The number of benzene rings is 1. The molecule has 0 aliphatic carbocycles. The number of anilines is 1. The predicted octanol–water partition coefficient (Wildman–Crippen LogP) is 3.38. The van der Waals surface area contributed by atoms with Crippen LogP contribution in [0.4, 0.5) is 5.69 Å². The molecule has 100 valence electrons. The van der Waals surface area contributed by atoms with Crippen LogP contribution in [0.5, 0.6) is 0 Å². The summed E-state index contributed by atoms with van der Waals surface area (Å²) in [6.07, 6.45) is 0. The largest absolute Gasteiger partial charge is 0.466 e. The Morgan fingerprint density at radius 2 is 1.95 bits per heavy atom. The monoisotopic (exact) mass is 257 g/mol. The highest BCUT2D eigenvalue weighted by atomic mass is 16.3. The summed E-state index contributed by atoms with van der Waals surface area (Å²) in [5.74, 6) is 2.18. The fraction of sp³-hybridized carbons (Fsp3) is 0.267. The van der Waals surface area contributed by atoms with Gasteiger partial charge in [0.15, 0.2) is 5.96 Å². The maximum Gasteiger partial charge on any atom is 0.193 e. The summed E-state index contributed by atoms with van der Waals surface area (Å²) in [7, 11) is 0. The van der Waals surface area contributed by atoms with Crippen molar-refractivity contribution in [2.24, 2.45) is 10.7 Å². The zero-order valence-corrected chi connectivity index (χ0v) is 11.5. The van der Waals surface area contributed by atoms with E-state index in [4.69, 9.17) is 10.2 Å². The van der Waals surface area contributed by atoms with Crippen molar-refractivity contribution in [3.05, 3.63) is 53.5 Å². The molecule has 0 amide bonds. The molecule has 1 unspecified atom stereocenters. The quantitative estimate of drug-likeness (QED) is 0.654. The average molecular weight is 257 g/mol. The van der Waals surface area contributed by atoms with Gasteiger partial charge in [-0.05, 0) is 39.0 Å². The zero-order chi connectivity index (χ0) is 13.8. The summed E-state index contributed by atoms with van der Waals surface area (Å²) in [5.41, 5.74) is 7.90. The first-order valence-corrected chi connectivity index (χ1v) is 6.28. The van der Waals surface area contributed by atoms with Gasteiger partial charge in [-0.25, -0.2) is 4.99 Å². The van der Waals surface area contributed by atoms with Crippen molar-refractivity contribution in [2.75, 3.05) is 5.32 Å². The second kappa shape index (κ2) is 5.61. The Morgan fingerprint density at radius 1 is 1.26 bits per heavy atom. The third kappa shape index (κ3) is 3.37. The Labute approximate surface area is 113 Å². The number of aryl methyl sites for hydroxylation is 2. The first-order valence-electron chi connectivity index (χ1n) is 6.28. The van der Waals surface area contributed by atoms with E-state index in [0.717, 1.165) is 22.8 Å². The van der Waals surface area contributed by atoms with Crippen LogP contribution in [-0.4, -0.2) is 5.96 Å². The fourth-order valence-corrected chi connectivity index (χ4v) is 2.05. The van der Waals surface area contributed by atoms with Crippen LogP contribution in [0.25, 0.3) is 0 Å². The van der Waals surface area contributed by atoms with Crippen LogP contribution >= 0.6 is 0 Å². The van der Waals surface area contributed by atoms with Crippen molar-refractivity contribution in [3.8, 4) is 0 Å². The number of para-hydroxylation sites is 1. The summed E-state index contributed by atoms with van der Waals surface area (Å²) in [4.78, 5) is 4.44.